The van der Waals surface area contributed by atoms with Crippen molar-refractivity contribution in [2.24, 2.45) is 0 Å². The van der Waals surface area contributed by atoms with E-state index in [1.54, 1.807) is 36.4 Å². The summed E-state index contributed by atoms with van der Waals surface area (Å²) in [5, 5.41) is 2.70. The Kier molecular flexibility index (Phi) is 4.99. The Bertz CT molecular complexity index is 711. The van der Waals surface area contributed by atoms with Crippen LogP contribution in [0.15, 0.2) is 53.1 Å². The number of benzene rings is 1. The van der Waals surface area contributed by atoms with E-state index >= 15 is 0 Å². The van der Waals surface area contributed by atoms with E-state index in [4.69, 9.17) is 4.42 Å². The van der Waals surface area contributed by atoms with Crippen LogP contribution in [-0.4, -0.2) is 31.9 Å². The molecule has 1 amide bonds. The van der Waals surface area contributed by atoms with Gasteiger partial charge in [-0.25, -0.2) is 8.42 Å². The fourth-order valence-corrected chi connectivity index (χ4v) is 2.64. The maximum absolute atomic E-state index is 12.5. The van der Waals surface area contributed by atoms with Gasteiger partial charge in [0, 0.05) is 7.05 Å². The summed E-state index contributed by atoms with van der Waals surface area (Å²) in [5.41, 5.74) is 0.604. The number of nitrogens with zero attached hydrogens (tertiary/aromatic N) is 1. The summed E-state index contributed by atoms with van der Waals surface area (Å²) >= 11 is 0. The minimum atomic E-state index is -3.52. The van der Waals surface area contributed by atoms with Gasteiger partial charge in [-0.3, -0.25) is 4.79 Å². The van der Waals surface area contributed by atoms with Gasteiger partial charge in [0.25, 0.3) is 0 Å². The molecular formula is C15H18N2O4S. The molecule has 6 nitrogen and oxygen atoms in total. The zero-order chi connectivity index (χ0) is 16.2. The van der Waals surface area contributed by atoms with E-state index in [1.165, 1.54) is 13.3 Å². The summed E-state index contributed by atoms with van der Waals surface area (Å²) in [6, 6.07) is 11.3. The van der Waals surface area contributed by atoms with Crippen molar-refractivity contribution in [2.45, 2.75) is 12.6 Å². The summed E-state index contributed by atoms with van der Waals surface area (Å²) in [6.07, 6.45) is 2.58. The summed E-state index contributed by atoms with van der Waals surface area (Å²) < 4.78 is 29.8. The molecule has 0 bridgehead atoms. The van der Waals surface area contributed by atoms with Crippen molar-refractivity contribution >= 4 is 15.9 Å². The summed E-state index contributed by atoms with van der Waals surface area (Å²) in [4.78, 5) is 12.5. The fraction of sp³-hybridized carbons (Fsp3) is 0.267. The number of carbonyl (C=O) groups is 1. The molecule has 1 heterocycles. The largest absolute Gasteiger partial charge is 0.467 e. The zero-order valence-corrected chi connectivity index (χ0v) is 13.2. The van der Waals surface area contributed by atoms with E-state index in [0.29, 0.717) is 11.3 Å². The maximum atomic E-state index is 12.5. The first kappa shape index (κ1) is 16.3. The molecule has 1 N–H and O–H groups in total. The molecule has 0 aliphatic rings. The third kappa shape index (κ3) is 3.96. The topological polar surface area (TPSA) is 79.6 Å². The van der Waals surface area contributed by atoms with Gasteiger partial charge < -0.3 is 9.73 Å². The van der Waals surface area contributed by atoms with E-state index in [9.17, 15) is 13.2 Å². The van der Waals surface area contributed by atoms with Crippen molar-refractivity contribution in [2.75, 3.05) is 13.3 Å². The molecule has 118 valence electrons. The highest BCUT2D eigenvalue weighted by Gasteiger charge is 2.30. The highest BCUT2D eigenvalue weighted by Crippen LogP contribution is 2.22. The Morgan fingerprint density at radius 1 is 1.23 bits per heavy atom. The Labute approximate surface area is 129 Å². The number of likely N-dealkylation sites (N-methyl/N-ethyl adjacent to an activating group) is 1. The molecule has 0 aliphatic heterocycles. The molecule has 2 aromatic rings. The molecule has 0 fully saturated rings. The third-order valence-electron chi connectivity index (χ3n) is 3.27. The van der Waals surface area contributed by atoms with Crippen LogP contribution in [0.4, 0.5) is 0 Å². The van der Waals surface area contributed by atoms with E-state index in [2.05, 4.69) is 5.32 Å². The molecule has 22 heavy (non-hydrogen) atoms. The highest BCUT2D eigenvalue weighted by molar-refractivity contribution is 7.88. The lowest BCUT2D eigenvalue weighted by Gasteiger charge is -2.25. The molecule has 0 saturated heterocycles. The van der Waals surface area contributed by atoms with Crippen LogP contribution < -0.4 is 5.32 Å². The standard InChI is InChI=1S/C15H18N2O4S/c1-17(22(2,19)20)14(12-7-4-3-5-8-12)15(18)16-11-13-9-6-10-21-13/h3-10,14H,11H2,1-2H3,(H,16,18)/t14-/m1/s1. The van der Waals surface area contributed by atoms with E-state index in [1.807, 2.05) is 6.07 Å². The second-order valence-electron chi connectivity index (χ2n) is 4.89. The van der Waals surface area contributed by atoms with Crippen LogP contribution >= 0.6 is 0 Å². The van der Waals surface area contributed by atoms with Crippen LogP contribution in [0.3, 0.4) is 0 Å². The molecular weight excluding hydrogens is 304 g/mol. The number of carbonyl (C=O) groups excluding carboxylic acids is 1. The second kappa shape index (κ2) is 6.76. The van der Waals surface area contributed by atoms with Gasteiger partial charge in [0.1, 0.15) is 11.8 Å². The molecule has 1 aromatic heterocycles. The lowest BCUT2D eigenvalue weighted by atomic mass is 10.1. The van der Waals surface area contributed by atoms with E-state index < -0.39 is 22.0 Å². The highest BCUT2D eigenvalue weighted by atomic mass is 32.2. The molecule has 7 heteroatoms. The van der Waals surface area contributed by atoms with E-state index in [0.717, 1.165) is 10.6 Å². The summed E-state index contributed by atoms with van der Waals surface area (Å²) in [6.45, 7) is 0.201. The Morgan fingerprint density at radius 3 is 2.45 bits per heavy atom. The number of rotatable bonds is 6. The van der Waals surface area contributed by atoms with Crippen LogP contribution in [0, 0.1) is 0 Å². The molecule has 0 spiro atoms. The number of amides is 1. The first-order valence-electron chi connectivity index (χ1n) is 6.67. The van der Waals surface area contributed by atoms with Gasteiger partial charge in [0.15, 0.2) is 0 Å². The van der Waals surface area contributed by atoms with Crippen LogP contribution in [0.2, 0.25) is 0 Å². The van der Waals surface area contributed by atoms with Gasteiger partial charge in [-0.1, -0.05) is 30.3 Å². The van der Waals surface area contributed by atoms with Gasteiger partial charge >= 0.3 is 0 Å². The molecule has 1 aromatic carbocycles. The van der Waals surface area contributed by atoms with Gasteiger partial charge in [0.05, 0.1) is 19.1 Å². The molecule has 0 saturated carbocycles. The number of hydrogen-bond acceptors (Lipinski definition) is 4. The van der Waals surface area contributed by atoms with Crippen molar-refractivity contribution in [3.63, 3.8) is 0 Å². The second-order valence-corrected chi connectivity index (χ2v) is 6.93. The number of hydrogen-bond donors (Lipinski definition) is 1. The van der Waals surface area contributed by atoms with E-state index in [-0.39, 0.29) is 6.54 Å². The fourth-order valence-electron chi connectivity index (χ4n) is 2.04. The Morgan fingerprint density at radius 2 is 1.91 bits per heavy atom. The smallest absolute Gasteiger partial charge is 0.243 e. The zero-order valence-electron chi connectivity index (χ0n) is 12.4. The normalized spacial score (nSPS) is 13.0. The first-order valence-corrected chi connectivity index (χ1v) is 8.52. The Balaban J connectivity index is 2.22. The minimum Gasteiger partial charge on any atom is -0.467 e. The van der Waals surface area contributed by atoms with Crippen molar-refractivity contribution in [1.29, 1.82) is 0 Å². The number of nitrogens with one attached hydrogen (secondary N) is 1. The van der Waals surface area contributed by atoms with Crippen LogP contribution in [-0.2, 0) is 21.4 Å². The molecule has 0 radical (unpaired) electrons. The van der Waals surface area contributed by atoms with Gasteiger partial charge in [-0.05, 0) is 17.7 Å². The number of furan rings is 1. The van der Waals surface area contributed by atoms with Gasteiger partial charge in [-0.15, -0.1) is 0 Å². The summed E-state index contributed by atoms with van der Waals surface area (Å²) in [7, 11) is -2.13. The third-order valence-corrected chi connectivity index (χ3v) is 4.52. The van der Waals surface area contributed by atoms with Crippen molar-refractivity contribution in [3.05, 3.63) is 60.1 Å². The average molecular weight is 322 g/mol. The van der Waals surface area contributed by atoms with Gasteiger partial charge in [0.2, 0.25) is 15.9 Å². The lowest BCUT2D eigenvalue weighted by Crippen LogP contribution is -2.40. The Hall–Kier alpha value is -2.12. The van der Waals surface area contributed by atoms with Crippen molar-refractivity contribution in [1.82, 2.24) is 9.62 Å². The van der Waals surface area contributed by atoms with Crippen LogP contribution in [0.5, 0.6) is 0 Å². The van der Waals surface area contributed by atoms with Crippen molar-refractivity contribution in [3.8, 4) is 0 Å². The quantitative estimate of drug-likeness (QED) is 0.874. The monoisotopic (exact) mass is 322 g/mol. The molecule has 2 rings (SSSR count). The SMILES string of the molecule is CN([C@@H](C(=O)NCc1ccco1)c1ccccc1)S(C)(=O)=O. The average Bonchev–Trinajstić information content (AvgIpc) is 2.99. The van der Waals surface area contributed by atoms with Crippen molar-refractivity contribution < 1.29 is 17.6 Å². The number of sulfonamides is 1. The molecule has 1 atom stereocenters. The molecule has 0 aliphatic carbocycles. The maximum Gasteiger partial charge on any atom is 0.243 e. The van der Waals surface area contributed by atoms with Crippen LogP contribution in [0.25, 0.3) is 0 Å². The molecule has 0 unspecified atom stereocenters. The predicted molar refractivity (Wildman–Crippen MR) is 82.3 cm³/mol. The predicted octanol–water partition coefficient (Wildman–Crippen LogP) is 1.53. The van der Waals surface area contributed by atoms with Crippen LogP contribution in [0.1, 0.15) is 17.4 Å². The summed E-state index contributed by atoms with van der Waals surface area (Å²) in [5.74, 6) is 0.192. The minimum absolute atomic E-state index is 0.201. The van der Waals surface area contributed by atoms with Gasteiger partial charge in [-0.2, -0.15) is 4.31 Å². The first-order chi connectivity index (χ1) is 10.4. The lowest BCUT2D eigenvalue weighted by molar-refractivity contribution is -0.125.